The zero-order valence-corrected chi connectivity index (χ0v) is 9.01. The molecule has 2 aromatic rings. The number of pyridine rings is 1. The normalized spacial score (nSPS) is 9.81. The molecule has 1 aromatic heterocycles. The lowest BCUT2D eigenvalue weighted by molar-refractivity contribution is 0.338. The van der Waals surface area contributed by atoms with Gasteiger partial charge in [0, 0.05) is 18.3 Å². The Morgan fingerprint density at radius 3 is 3.00 bits per heavy atom. The van der Waals surface area contributed by atoms with Gasteiger partial charge >= 0.3 is 0 Å². The molecule has 0 unspecified atom stereocenters. The van der Waals surface area contributed by atoms with Gasteiger partial charge in [-0.1, -0.05) is 0 Å². The van der Waals surface area contributed by atoms with E-state index in [0.29, 0.717) is 18.1 Å². The molecular weight excluding hydrogens is 202 g/mol. The Morgan fingerprint density at radius 2 is 2.25 bits per heavy atom. The van der Waals surface area contributed by atoms with Gasteiger partial charge in [-0.25, -0.2) is 0 Å². The van der Waals surface area contributed by atoms with Crippen LogP contribution in [-0.4, -0.2) is 11.6 Å². The number of rotatable bonds is 4. The molecule has 0 atom stereocenters. The zero-order valence-electron chi connectivity index (χ0n) is 9.01. The second kappa shape index (κ2) is 5.16. The van der Waals surface area contributed by atoms with E-state index >= 15 is 0 Å². The highest BCUT2D eigenvalue weighted by atomic mass is 16.5. The molecule has 0 aliphatic rings. The molecule has 0 fully saturated rings. The summed E-state index contributed by atoms with van der Waals surface area (Å²) in [5.74, 6) is 2.09. The minimum Gasteiger partial charge on any atom is -0.494 e. The summed E-state index contributed by atoms with van der Waals surface area (Å²) in [5.41, 5.74) is 0. The minimum absolute atomic E-state index is 0.624. The van der Waals surface area contributed by atoms with Gasteiger partial charge in [0.2, 0.25) is 0 Å². The van der Waals surface area contributed by atoms with Crippen molar-refractivity contribution in [2.24, 2.45) is 0 Å². The summed E-state index contributed by atoms with van der Waals surface area (Å²) in [4.78, 5) is 3.97. The van der Waals surface area contributed by atoms with Crippen LogP contribution in [0.15, 0.2) is 42.7 Å². The largest absolute Gasteiger partial charge is 0.494 e. The van der Waals surface area contributed by atoms with Crippen molar-refractivity contribution >= 4 is 0 Å². The highest BCUT2D eigenvalue weighted by Crippen LogP contribution is 2.23. The summed E-state index contributed by atoms with van der Waals surface area (Å²) < 4.78 is 10.9. The lowest BCUT2D eigenvalue weighted by Crippen LogP contribution is -1.92. The first-order valence-corrected chi connectivity index (χ1v) is 5.11. The zero-order chi connectivity index (χ0) is 11.2. The highest BCUT2D eigenvalue weighted by Gasteiger charge is 1.99. The fourth-order valence-corrected chi connectivity index (χ4v) is 1.27. The van der Waals surface area contributed by atoms with Crippen LogP contribution in [0.3, 0.4) is 0 Å². The van der Waals surface area contributed by atoms with Gasteiger partial charge in [0.15, 0.2) is 0 Å². The second-order valence-corrected chi connectivity index (χ2v) is 3.11. The van der Waals surface area contributed by atoms with E-state index < -0.39 is 0 Å². The Labute approximate surface area is 94.7 Å². The Hall–Kier alpha value is -2.03. The number of aromatic nitrogens is 1. The van der Waals surface area contributed by atoms with Crippen molar-refractivity contribution in [2.75, 3.05) is 6.61 Å². The van der Waals surface area contributed by atoms with Gasteiger partial charge in [0.1, 0.15) is 17.2 Å². The van der Waals surface area contributed by atoms with E-state index in [4.69, 9.17) is 9.47 Å². The van der Waals surface area contributed by atoms with Crippen LogP contribution >= 0.6 is 0 Å². The molecule has 0 saturated carbocycles. The van der Waals surface area contributed by atoms with Crippen molar-refractivity contribution < 1.29 is 9.47 Å². The van der Waals surface area contributed by atoms with E-state index in [0.717, 1.165) is 5.75 Å². The van der Waals surface area contributed by atoms with Gasteiger partial charge < -0.3 is 9.47 Å². The Morgan fingerprint density at radius 1 is 1.31 bits per heavy atom. The van der Waals surface area contributed by atoms with E-state index in [1.165, 1.54) is 0 Å². The lowest BCUT2D eigenvalue weighted by atomic mass is 10.3. The maximum atomic E-state index is 5.57. The molecule has 0 bridgehead atoms. The first kappa shape index (κ1) is 10.5. The Kier molecular flexibility index (Phi) is 3.38. The molecule has 1 heterocycles. The standard InChI is InChI=1S/C13H12NO2/c1-2-15-11-5-3-6-12(9-11)16-13-7-4-8-14-10-13/h3-5,7-10H,2H2,1H3. The Balaban J connectivity index is 2.12. The molecule has 3 nitrogen and oxygen atoms in total. The van der Waals surface area contributed by atoms with Crippen molar-refractivity contribution in [3.05, 3.63) is 48.8 Å². The first-order chi connectivity index (χ1) is 7.88. The van der Waals surface area contributed by atoms with Crippen LogP contribution in [0.2, 0.25) is 0 Å². The molecule has 1 aromatic carbocycles. The second-order valence-electron chi connectivity index (χ2n) is 3.11. The molecule has 0 N–H and O–H groups in total. The quantitative estimate of drug-likeness (QED) is 0.783. The van der Waals surface area contributed by atoms with E-state index in [-0.39, 0.29) is 0 Å². The smallest absolute Gasteiger partial charge is 0.145 e. The van der Waals surface area contributed by atoms with Gasteiger partial charge in [-0.05, 0) is 31.2 Å². The maximum absolute atomic E-state index is 5.57. The first-order valence-electron chi connectivity index (χ1n) is 5.11. The summed E-state index contributed by atoms with van der Waals surface area (Å²) in [5, 5.41) is 0. The van der Waals surface area contributed by atoms with Crippen LogP contribution in [-0.2, 0) is 0 Å². The van der Waals surface area contributed by atoms with Crippen molar-refractivity contribution in [1.29, 1.82) is 0 Å². The molecule has 2 rings (SSSR count). The number of hydrogen-bond donors (Lipinski definition) is 0. The average molecular weight is 214 g/mol. The van der Waals surface area contributed by atoms with Gasteiger partial charge in [-0.15, -0.1) is 0 Å². The molecule has 0 saturated heterocycles. The summed E-state index contributed by atoms with van der Waals surface area (Å²) in [6.07, 6.45) is 3.36. The SMILES string of the molecule is CCOc1cc[c]c(Oc2cccnc2)c1. The number of hydrogen-bond acceptors (Lipinski definition) is 3. The molecule has 0 spiro atoms. The van der Waals surface area contributed by atoms with Crippen LogP contribution < -0.4 is 9.47 Å². The molecular formula is C13H12NO2. The molecule has 3 heteroatoms. The predicted molar refractivity (Wildman–Crippen MR) is 60.8 cm³/mol. The number of benzene rings is 1. The van der Waals surface area contributed by atoms with Crippen molar-refractivity contribution in [3.8, 4) is 17.2 Å². The summed E-state index contributed by atoms with van der Waals surface area (Å²) in [6.45, 7) is 2.58. The lowest BCUT2D eigenvalue weighted by Gasteiger charge is -2.07. The highest BCUT2D eigenvalue weighted by molar-refractivity contribution is 5.35. The van der Waals surface area contributed by atoms with Gasteiger partial charge in [0.25, 0.3) is 0 Å². The fraction of sp³-hybridized carbons (Fsp3) is 0.154. The number of ether oxygens (including phenoxy) is 2. The summed E-state index contributed by atoms with van der Waals surface area (Å²) in [7, 11) is 0. The molecule has 16 heavy (non-hydrogen) atoms. The van der Waals surface area contributed by atoms with Crippen molar-refractivity contribution in [2.45, 2.75) is 6.92 Å². The van der Waals surface area contributed by atoms with Crippen LogP contribution in [0.4, 0.5) is 0 Å². The van der Waals surface area contributed by atoms with Crippen LogP contribution in [0, 0.1) is 6.07 Å². The third-order valence-electron chi connectivity index (χ3n) is 1.92. The van der Waals surface area contributed by atoms with E-state index in [2.05, 4.69) is 11.1 Å². The van der Waals surface area contributed by atoms with Gasteiger partial charge in [-0.2, -0.15) is 0 Å². The van der Waals surface area contributed by atoms with E-state index in [1.807, 2.05) is 25.1 Å². The van der Waals surface area contributed by atoms with Crippen LogP contribution in [0.25, 0.3) is 0 Å². The third kappa shape index (κ3) is 2.73. The topological polar surface area (TPSA) is 31.4 Å². The van der Waals surface area contributed by atoms with E-state index in [9.17, 15) is 0 Å². The van der Waals surface area contributed by atoms with Gasteiger partial charge in [-0.3, -0.25) is 4.98 Å². The fourth-order valence-electron chi connectivity index (χ4n) is 1.27. The monoisotopic (exact) mass is 214 g/mol. The van der Waals surface area contributed by atoms with Crippen LogP contribution in [0.5, 0.6) is 17.2 Å². The van der Waals surface area contributed by atoms with E-state index in [1.54, 1.807) is 24.5 Å². The van der Waals surface area contributed by atoms with Crippen molar-refractivity contribution in [1.82, 2.24) is 4.98 Å². The van der Waals surface area contributed by atoms with Gasteiger partial charge in [0.05, 0.1) is 12.8 Å². The molecule has 81 valence electrons. The summed E-state index contributed by atoms with van der Waals surface area (Å²) in [6, 6.07) is 12.1. The predicted octanol–water partition coefficient (Wildman–Crippen LogP) is 3.07. The minimum atomic E-state index is 0.624. The maximum Gasteiger partial charge on any atom is 0.145 e. The Bertz CT molecular complexity index is 443. The summed E-state index contributed by atoms with van der Waals surface area (Å²) >= 11 is 0. The average Bonchev–Trinajstić information content (AvgIpc) is 2.31. The molecule has 0 aliphatic carbocycles. The third-order valence-corrected chi connectivity index (χ3v) is 1.92. The van der Waals surface area contributed by atoms with Crippen LogP contribution in [0.1, 0.15) is 6.92 Å². The number of nitrogens with zero attached hydrogens (tertiary/aromatic N) is 1. The van der Waals surface area contributed by atoms with Crippen molar-refractivity contribution in [3.63, 3.8) is 0 Å². The molecule has 0 aliphatic heterocycles. The molecule has 0 amide bonds. The molecule has 1 radical (unpaired) electrons.